The predicted molar refractivity (Wildman–Crippen MR) is 90.1 cm³/mol. The number of ether oxygens (including phenoxy) is 1. The zero-order chi connectivity index (χ0) is 17.0. The van der Waals surface area contributed by atoms with E-state index in [-0.39, 0.29) is 5.56 Å². The van der Waals surface area contributed by atoms with Crippen LogP contribution in [0.4, 0.5) is 11.4 Å². The highest BCUT2D eigenvalue weighted by atomic mass is 16.6. The van der Waals surface area contributed by atoms with E-state index in [1.807, 2.05) is 6.07 Å². The summed E-state index contributed by atoms with van der Waals surface area (Å²) in [6.07, 6.45) is 0. The number of likely N-dealkylation sites (N-methyl/N-ethyl adjacent to an activating group) is 1. The van der Waals surface area contributed by atoms with Crippen molar-refractivity contribution in [3.63, 3.8) is 0 Å². The quantitative estimate of drug-likeness (QED) is 0.370. The van der Waals surface area contributed by atoms with Crippen molar-refractivity contribution in [3.8, 4) is 0 Å². The van der Waals surface area contributed by atoms with Crippen LogP contribution in [0.3, 0.4) is 0 Å². The normalized spacial score (nSPS) is 15.9. The Morgan fingerprint density at radius 1 is 1.26 bits per heavy atom. The van der Waals surface area contributed by atoms with Crippen molar-refractivity contribution >= 4 is 17.3 Å². The predicted octanol–water partition coefficient (Wildman–Crippen LogP) is 3.34. The SMILES string of the molecule is CN1CCN(c2ccc(C(=O)OC(C)(C)C)c(N=[N+]=[N-])c2)CC1. The van der Waals surface area contributed by atoms with Crippen LogP contribution in [0.5, 0.6) is 0 Å². The van der Waals surface area contributed by atoms with Gasteiger partial charge in [0.05, 0.1) is 11.3 Å². The maximum absolute atomic E-state index is 12.3. The number of hydrogen-bond acceptors (Lipinski definition) is 5. The fourth-order valence-electron chi connectivity index (χ4n) is 2.42. The zero-order valence-electron chi connectivity index (χ0n) is 14.1. The van der Waals surface area contributed by atoms with Gasteiger partial charge in [0.25, 0.3) is 0 Å². The lowest BCUT2D eigenvalue weighted by atomic mass is 10.1. The number of hydrogen-bond donors (Lipinski definition) is 0. The van der Waals surface area contributed by atoms with E-state index in [0.29, 0.717) is 5.69 Å². The van der Waals surface area contributed by atoms with Crippen LogP contribution in [0.25, 0.3) is 10.4 Å². The molecule has 7 nitrogen and oxygen atoms in total. The molecule has 0 atom stereocenters. The standard InChI is InChI=1S/C16H23N5O2/c1-16(2,3)23-15(22)13-6-5-12(11-14(13)18-19-17)21-9-7-20(4)8-10-21/h5-6,11H,7-10H2,1-4H3. The number of anilines is 1. The lowest BCUT2D eigenvalue weighted by Crippen LogP contribution is -2.44. The molecule has 0 radical (unpaired) electrons. The molecule has 0 spiro atoms. The maximum atomic E-state index is 12.3. The van der Waals surface area contributed by atoms with E-state index in [4.69, 9.17) is 10.3 Å². The fraction of sp³-hybridized carbons (Fsp3) is 0.562. The van der Waals surface area contributed by atoms with Crippen LogP contribution in [0, 0.1) is 0 Å². The molecule has 124 valence electrons. The van der Waals surface area contributed by atoms with Crippen LogP contribution >= 0.6 is 0 Å². The summed E-state index contributed by atoms with van der Waals surface area (Å²) >= 11 is 0. The molecule has 2 rings (SSSR count). The summed E-state index contributed by atoms with van der Waals surface area (Å²) in [6, 6.07) is 5.30. The highest BCUT2D eigenvalue weighted by Gasteiger charge is 2.21. The van der Waals surface area contributed by atoms with Crippen LogP contribution in [0.2, 0.25) is 0 Å². The third-order valence-corrected chi connectivity index (χ3v) is 3.62. The van der Waals surface area contributed by atoms with Gasteiger partial charge in [0.15, 0.2) is 0 Å². The van der Waals surface area contributed by atoms with Crippen LogP contribution in [-0.2, 0) is 4.74 Å². The molecule has 1 aromatic carbocycles. The van der Waals surface area contributed by atoms with Gasteiger partial charge in [-0.1, -0.05) is 5.11 Å². The van der Waals surface area contributed by atoms with E-state index >= 15 is 0 Å². The molecule has 0 unspecified atom stereocenters. The molecule has 1 saturated heterocycles. The molecule has 0 bridgehead atoms. The van der Waals surface area contributed by atoms with Crippen LogP contribution in [0.15, 0.2) is 23.3 Å². The maximum Gasteiger partial charge on any atom is 0.339 e. The molecule has 1 aliphatic rings. The van der Waals surface area contributed by atoms with Crippen molar-refractivity contribution in [1.29, 1.82) is 0 Å². The second-order valence-electron chi connectivity index (χ2n) is 6.68. The van der Waals surface area contributed by atoms with E-state index in [0.717, 1.165) is 31.9 Å². The first-order valence-corrected chi connectivity index (χ1v) is 7.66. The van der Waals surface area contributed by atoms with Gasteiger partial charge in [0.2, 0.25) is 0 Å². The van der Waals surface area contributed by atoms with Gasteiger partial charge in [0.1, 0.15) is 5.60 Å². The first-order chi connectivity index (χ1) is 10.8. The number of esters is 1. The first-order valence-electron chi connectivity index (χ1n) is 7.66. The van der Waals surface area contributed by atoms with Crippen molar-refractivity contribution in [3.05, 3.63) is 34.2 Å². The zero-order valence-corrected chi connectivity index (χ0v) is 14.1. The van der Waals surface area contributed by atoms with Crippen LogP contribution in [-0.4, -0.2) is 49.7 Å². The molecule has 0 N–H and O–H groups in total. The molecule has 23 heavy (non-hydrogen) atoms. The van der Waals surface area contributed by atoms with E-state index < -0.39 is 11.6 Å². The Morgan fingerprint density at radius 3 is 2.48 bits per heavy atom. The summed E-state index contributed by atoms with van der Waals surface area (Å²) in [5.41, 5.74) is 9.73. The van der Waals surface area contributed by atoms with Crippen molar-refractivity contribution in [1.82, 2.24) is 4.90 Å². The number of piperazine rings is 1. The Labute approximate surface area is 136 Å². The molecule has 1 aromatic rings. The highest BCUT2D eigenvalue weighted by molar-refractivity contribution is 5.96. The Morgan fingerprint density at radius 2 is 1.91 bits per heavy atom. The minimum atomic E-state index is -0.596. The Balaban J connectivity index is 2.28. The number of nitrogens with zero attached hydrogens (tertiary/aromatic N) is 5. The van der Waals surface area contributed by atoms with Gasteiger partial charge in [-0.3, -0.25) is 0 Å². The molecule has 0 saturated carbocycles. The molecule has 1 fully saturated rings. The first kappa shape index (κ1) is 17.1. The summed E-state index contributed by atoms with van der Waals surface area (Å²) in [7, 11) is 2.09. The largest absolute Gasteiger partial charge is 0.456 e. The van der Waals surface area contributed by atoms with Gasteiger partial charge >= 0.3 is 5.97 Å². The second kappa shape index (κ2) is 6.89. The third kappa shape index (κ3) is 4.61. The highest BCUT2D eigenvalue weighted by Crippen LogP contribution is 2.28. The average Bonchev–Trinajstić information content (AvgIpc) is 2.46. The second-order valence-corrected chi connectivity index (χ2v) is 6.68. The smallest absolute Gasteiger partial charge is 0.339 e. The average molecular weight is 317 g/mol. The number of carbonyl (C=O) groups is 1. The van der Waals surface area contributed by atoms with Gasteiger partial charge in [0, 0.05) is 36.8 Å². The number of benzene rings is 1. The van der Waals surface area contributed by atoms with E-state index in [2.05, 4.69) is 26.9 Å². The van der Waals surface area contributed by atoms with Gasteiger partial charge < -0.3 is 14.5 Å². The van der Waals surface area contributed by atoms with E-state index in [1.165, 1.54) is 0 Å². The summed E-state index contributed by atoms with van der Waals surface area (Å²) in [6.45, 7) is 9.16. The van der Waals surface area contributed by atoms with E-state index in [9.17, 15) is 4.79 Å². The number of rotatable bonds is 3. The van der Waals surface area contributed by atoms with E-state index in [1.54, 1.807) is 32.9 Å². The van der Waals surface area contributed by atoms with Crippen molar-refractivity contribution < 1.29 is 9.53 Å². The Hall–Kier alpha value is -2.24. The lowest BCUT2D eigenvalue weighted by Gasteiger charge is -2.34. The number of azide groups is 1. The Kier molecular flexibility index (Phi) is 5.13. The lowest BCUT2D eigenvalue weighted by molar-refractivity contribution is 0.00706. The fourth-order valence-corrected chi connectivity index (χ4v) is 2.42. The summed E-state index contributed by atoms with van der Waals surface area (Å²) in [4.78, 5) is 19.6. The summed E-state index contributed by atoms with van der Waals surface area (Å²) < 4.78 is 5.37. The number of carbonyl (C=O) groups excluding carboxylic acids is 1. The molecular weight excluding hydrogens is 294 g/mol. The van der Waals surface area contributed by atoms with Gasteiger partial charge in [-0.2, -0.15) is 0 Å². The van der Waals surface area contributed by atoms with Gasteiger partial charge in [-0.05, 0) is 51.5 Å². The molecule has 0 aromatic heterocycles. The van der Waals surface area contributed by atoms with Gasteiger partial charge in [-0.15, -0.1) is 0 Å². The molecule has 0 amide bonds. The summed E-state index contributed by atoms with van der Waals surface area (Å²) in [5, 5.41) is 3.67. The third-order valence-electron chi connectivity index (χ3n) is 3.62. The van der Waals surface area contributed by atoms with Gasteiger partial charge in [-0.25, -0.2) is 4.79 Å². The molecular formula is C16H23N5O2. The van der Waals surface area contributed by atoms with Crippen LogP contribution < -0.4 is 4.90 Å². The minimum Gasteiger partial charge on any atom is -0.456 e. The topological polar surface area (TPSA) is 81.5 Å². The summed E-state index contributed by atoms with van der Waals surface area (Å²) in [5.74, 6) is -0.482. The molecule has 1 aliphatic heterocycles. The van der Waals surface area contributed by atoms with Crippen molar-refractivity contribution in [2.45, 2.75) is 26.4 Å². The monoisotopic (exact) mass is 317 g/mol. The molecule has 0 aliphatic carbocycles. The molecule has 1 heterocycles. The van der Waals surface area contributed by atoms with Crippen molar-refractivity contribution in [2.24, 2.45) is 5.11 Å². The minimum absolute atomic E-state index is 0.288. The van der Waals surface area contributed by atoms with Crippen molar-refractivity contribution in [2.75, 3.05) is 38.1 Å². The molecule has 7 heteroatoms. The van der Waals surface area contributed by atoms with Crippen LogP contribution in [0.1, 0.15) is 31.1 Å². The Bertz CT molecular complexity index is 624.